The monoisotopic (exact) mass is 396 g/mol. The van der Waals surface area contributed by atoms with E-state index in [2.05, 4.69) is 20.9 Å². The second-order valence-electron chi connectivity index (χ2n) is 6.61. The van der Waals surface area contributed by atoms with E-state index in [1.807, 2.05) is 45.0 Å². The quantitative estimate of drug-likeness (QED) is 0.533. The van der Waals surface area contributed by atoms with Gasteiger partial charge in [0.2, 0.25) is 0 Å². The van der Waals surface area contributed by atoms with Crippen LogP contribution < -0.4 is 4.74 Å². The highest BCUT2D eigenvalue weighted by molar-refractivity contribution is 9.09. The summed E-state index contributed by atoms with van der Waals surface area (Å²) in [6, 6.07) is 7.69. The zero-order valence-electron chi connectivity index (χ0n) is 14.5. The first-order valence-corrected chi connectivity index (χ1v) is 9.37. The highest BCUT2D eigenvalue weighted by Gasteiger charge is 2.29. The summed E-state index contributed by atoms with van der Waals surface area (Å²) in [5.74, 6) is 1.49. The van der Waals surface area contributed by atoms with E-state index < -0.39 is 5.60 Å². The van der Waals surface area contributed by atoms with Crippen LogP contribution in [0.25, 0.3) is 0 Å². The van der Waals surface area contributed by atoms with E-state index in [-0.39, 0.29) is 6.09 Å². The Morgan fingerprint density at radius 2 is 1.96 bits per heavy atom. The lowest BCUT2D eigenvalue weighted by atomic mass is 10.2. The number of hydrogen-bond acceptors (Lipinski definition) is 4. The molecule has 0 fully saturated rings. The van der Waals surface area contributed by atoms with Gasteiger partial charge in [0.05, 0.1) is 19.7 Å². The molecule has 0 spiro atoms. The molecule has 0 unspecified atom stereocenters. The molecule has 0 aromatic heterocycles. The number of alkyl halides is 1. The standard InChI is InChI=1S/C18H25BrN2O3/c1-18(2,3)24-17(22)21-12-11-20-16(21)14-6-8-15(9-7-14)23-13-5-4-10-19/h6-9H,4-5,10-13H2,1-3H3. The minimum Gasteiger partial charge on any atom is -0.494 e. The first-order valence-electron chi connectivity index (χ1n) is 8.25. The molecule has 0 saturated heterocycles. The van der Waals surface area contributed by atoms with Crippen LogP contribution in [0.4, 0.5) is 4.79 Å². The summed E-state index contributed by atoms with van der Waals surface area (Å²) in [4.78, 5) is 18.4. The average molecular weight is 397 g/mol. The van der Waals surface area contributed by atoms with Gasteiger partial charge in [0.15, 0.2) is 0 Å². The van der Waals surface area contributed by atoms with Gasteiger partial charge in [-0.15, -0.1) is 0 Å². The largest absolute Gasteiger partial charge is 0.494 e. The minimum atomic E-state index is -0.516. The van der Waals surface area contributed by atoms with Crippen molar-refractivity contribution in [3.63, 3.8) is 0 Å². The molecule has 5 nitrogen and oxygen atoms in total. The molecule has 1 aliphatic rings. The van der Waals surface area contributed by atoms with Crippen molar-refractivity contribution in [2.45, 2.75) is 39.2 Å². The molecule has 1 aromatic carbocycles. The number of amides is 1. The lowest BCUT2D eigenvalue weighted by Crippen LogP contribution is -2.39. The first-order chi connectivity index (χ1) is 11.4. The van der Waals surface area contributed by atoms with Gasteiger partial charge in [-0.3, -0.25) is 9.89 Å². The summed E-state index contributed by atoms with van der Waals surface area (Å²) in [6.07, 6.45) is 1.76. The average Bonchev–Trinajstić information content (AvgIpc) is 3.00. The van der Waals surface area contributed by atoms with Crippen molar-refractivity contribution in [2.75, 3.05) is 25.0 Å². The number of benzene rings is 1. The van der Waals surface area contributed by atoms with Crippen molar-refractivity contribution in [3.8, 4) is 5.75 Å². The lowest BCUT2D eigenvalue weighted by Gasteiger charge is -2.25. The second kappa shape index (κ2) is 8.51. The zero-order valence-corrected chi connectivity index (χ0v) is 16.1. The Kier molecular flexibility index (Phi) is 6.66. The van der Waals surface area contributed by atoms with Crippen LogP contribution in [0.15, 0.2) is 29.3 Å². The van der Waals surface area contributed by atoms with Crippen LogP contribution in [0.3, 0.4) is 0 Å². The van der Waals surface area contributed by atoms with Gasteiger partial charge in [-0.25, -0.2) is 4.79 Å². The van der Waals surface area contributed by atoms with Crippen molar-refractivity contribution < 1.29 is 14.3 Å². The molecule has 1 aliphatic heterocycles. The van der Waals surface area contributed by atoms with Crippen LogP contribution in [-0.4, -0.2) is 47.5 Å². The predicted molar refractivity (Wildman–Crippen MR) is 99.3 cm³/mol. The maximum atomic E-state index is 12.3. The summed E-state index contributed by atoms with van der Waals surface area (Å²) >= 11 is 3.41. The fourth-order valence-electron chi connectivity index (χ4n) is 2.28. The highest BCUT2D eigenvalue weighted by Crippen LogP contribution is 2.19. The summed E-state index contributed by atoms with van der Waals surface area (Å²) < 4.78 is 11.2. The van der Waals surface area contributed by atoms with Gasteiger partial charge in [-0.05, 0) is 57.9 Å². The molecule has 0 bridgehead atoms. The number of carbonyl (C=O) groups excluding carboxylic acids is 1. The molecule has 1 aromatic rings. The number of aliphatic imine (C=N–C) groups is 1. The number of ether oxygens (including phenoxy) is 2. The molecule has 0 aliphatic carbocycles. The van der Waals surface area contributed by atoms with Crippen molar-refractivity contribution in [2.24, 2.45) is 4.99 Å². The topological polar surface area (TPSA) is 51.1 Å². The van der Waals surface area contributed by atoms with Crippen LogP contribution in [0.5, 0.6) is 5.75 Å². The van der Waals surface area contributed by atoms with Gasteiger partial charge >= 0.3 is 6.09 Å². The van der Waals surface area contributed by atoms with Crippen molar-refractivity contribution in [1.82, 2.24) is 4.90 Å². The van der Waals surface area contributed by atoms with E-state index >= 15 is 0 Å². The van der Waals surface area contributed by atoms with E-state index in [1.165, 1.54) is 0 Å². The van der Waals surface area contributed by atoms with E-state index in [0.29, 0.717) is 25.5 Å². The van der Waals surface area contributed by atoms with Crippen LogP contribution in [-0.2, 0) is 4.74 Å². The number of carbonyl (C=O) groups is 1. The third kappa shape index (κ3) is 5.51. The maximum Gasteiger partial charge on any atom is 0.416 e. The number of hydrogen-bond donors (Lipinski definition) is 0. The van der Waals surface area contributed by atoms with Crippen LogP contribution in [0.2, 0.25) is 0 Å². The SMILES string of the molecule is CC(C)(C)OC(=O)N1CCN=C1c1ccc(OCCCCBr)cc1. The van der Waals surface area contributed by atoms with Crippen LogP contribution in [0.1, 0.15) is 39.2 Å². The Balaban J connectivity index is 1.98. The summed E-state index contributed by atoms with van der Waals surface area (Å²) in [5, 5.41) is 0.996. The first kappa shape index (κ1) is 18.8. The molecule has 0 atom stereocenters. The Hall–Kier alpha value is -1.56. The molecule has 24 heavy (non-hydrogen) atoms. The zero-order chi connectivity index (χ0) is 17.6. The second-order valence-corrected chi connectivity index (χ2v) is 7.40. The van der Waals surface area contributed by atoms with Crippen LogP contribution >= 0.6 is 15.9 Å². The Bertz CT molecular complexity index is 579. The molecule has 132 valence electrons. The number of unbranched alkanes of at least 4 members (excludes halogenated alkanes) is 1. The number of rotatable bonds is 6. The predicted octanol–water partition coefficient (Wildman–Crippen LogP) is 4.24. The van der Waals surface area contributed by atoms with Crippen molar-refractivity contribution in [3.05, 3.63) is 29.8 Å². The van der Waals surface area contributed by atoms with E-state index in [4.69, 9.17) is 9.47 Å². The van der Waals surface area contributed by atoms with E-state index in [9.17, 15) is 4.79 Å². The molecule has 0 saturated carbocycles. The summed E-state index contributed by atoms with van der Waals surface area (Å²) in [7, 11) is 0. The molecular weight excluding hydrogens is 372 g/mol. The molecule has 1 heterocycles. The lowest BCUT2D eigenvalue weighted by molar-refractivity contribution is 0.0385. The van der Waals surface area contributed by atoms with Gasteiger partial charge in [-0.2, -0.15) is 0 Å². The molecule has 2 rings (SSSR count). The number of halogens is 1. The molecule has 0 radical (unpaired) electrons. The van der Waals surface area contributed by atoms with Crippen molar-refractivity contribution >= 4 is 27.9 Å². The van der Waals surface area contributed by atoms with Gasteiger partial charge < -0.3 is 9.47 Å². The normalized spacial score (nSPS) is 14.5. The van der Waals surface area contributed by atoms with Gasteiger partial charge in [-0.1, -0.05) is 15.9 Å². The molecule has 0 N–H and O–H groups in total. The Morgan fingerprint density at radius 3 is 2.58 bits per heavy atom. The van der Waals surface area contributed by atoms with Crippen LogP contribution in [0, 0.1) is 0 Å². The number of nitrogens with zero attached hydrogens (tertiary/aromatic N) is 2. The van der Waals surface area contributed by atoms with Gasteiger partial charge in [0.25, 0.3) is 0 Å². The fraction of sp³-hybridized carbons (Fsp3) is 0.556. The van der Waals surface area contributed by atoms with Crippen molar-refractivity contribution in [1.29, 1.82) is 0 Å². The van der Waals surface area contributed by atoms with E-state index in [0.717, 1.165) is 29.5 Å². The fourth-order valence-corrected chi connectivity index (χ4v) is 2.67. The molecule has 1 amide bonds. The van der Waals surface area contributed by atoms with Gasteiger partial charge in [0, 0.05) is 10.9 Å². The Morgan fingerprint density at radius 1 is 1.25 bits per heavy atom. The molecular formula is C18H25BrN2O3. The smallest absolute Gasteiger partial charge is 0.416 e. The maximum absolute atomic E-state index is 12.3. The molecule has 6 heteroatoms. The summed E-state index contributed by atoms with van der Waals surface area (Å²) in [5.41, 5.74) is 0.378. The third-order valence-electron chi connectivity index (χ3n) is 3.36. The van der Waals surface area contributed by atoms with Gasteiger partial charge in [0.1, 0.15) is 17.2 Å². The van der Waals surface area contributed by atoms with E-state index in [1.54, 1.807) is 4.90 Å². The third-order valence-corrected chi connectivity index (χ3v) is 3.92. The highest BCUT2D eigenvalue weighted by atomic mass is 79.9. The summed E-state index contributed by atoms with van der Waals surface area (Å²) in [6.45, 7) is 7.43. The Labute approximate surface area is 152 Å². The minimum absolute atomic E-state index is 0.353. The number of amidine groups is 1.